The number of carbonyl (C=O) groups is 12. The van der Waals surface area contributed by atoms with E-state index in [0.29, 0.717) is 49.1 Å². The second-order valence-corrected chi connectivity index (χ2v) is 27.9. The van der Waals surface area contributed by atoms with Crippen molar-refractivity contribution < 1.29 is 72.5 Å². The minimum atomic E-state index is -1.97. The third kappa shape index (κ3) is 31.3. The maximum absolute atomic E-state index is 14.9. The molecule has 0 radical (unpaired) electrons. The van der Waals surface area contributed by atoms with Gasteiger partial charge in [0.05, 0.1) is 37.2 Å². The molecule has 1 saturated carbocycles. The zero-order chi connectivity index (χ0) is 77.8. The van der Waals surface area contributed by atoms with Gasteiger partial charge in [-0.25, -0.2) is 9.78 Å². The van der Waals surface area contributed by atoms with Crippen molar-refractivity contribution in [3.05, 3.63) is 48.0 Å². The molecule has 2 heterocycles. The number of carboxylic acids is 2. The van der Waals surface area contributed by atoms with Gasteiger partial charge in [0.15, 0.2) is 23.8 Å². The molecule has 1 spiro atoms. The summed E-state index contributed by atoms with van der Waals surface area (Å²) in [7, 11) is 3.59. The minimum absolute atomic E-state index is 0.00113. The monoisotopic (exact) mass is 1510 g/mol. The average molecular weight is 1510 g/mol. The van der Waals surface area contributed by atoms with Crippen molar-refractivity contribution >= 4 is 116 Å². The molecule has 1 aromatic heterocycles. The van der Waals surface area contributed by atoms with Gasteiger partial charge in [0, 0.05) is 56.7 Å². The Morgan fingerprint density at radius 2 is 1.25 bits per heavy atom. The van der Waals surface area contributed by atoms with Crippen LogP contribution in [0, 0.1) is 5.92 Å². The van der Waals surface area contributed by atoms with Crippen LogP contribution in [0.4, 0.5) is 0 Å². The van der Waals surface area contributed by atoms with Crippen LogP contribution in [0.25, 0.3) is 0 Å². The number of nitrogens with one attached hydrogen (secondary N) is 11. The van der Waals surface area contributed by atoms with E-state index in [2.05, 4.69) is 83.1 Å². The first-order chi connectivity index (χ1) is 49.8. The number of hydrogen-bond acceptors (Lipinski definition) is 23. The van der Waals surface area contributed by atoms with Gasteiger partial charge >= 0.3 is 11.9 Å². The Morgan fingerprint density at radius 1 is 0.686 bits per heavy atom. The number of nitrogens with two attached hydrogens (primary N) is 9. The summed E-state index contributed by atoms with van der Waals surface area (Å²) >= 11 is 0. The lowest BCUT2D eigenvalue weighted by Crippen LogP contribution is -2.60. The Hall–Kier alpha value is -10.2. The van der Waals surface area contributed by atoms with Crippen LogP contribution in [0.3, 0.4) is 0 Å². The first-order valence-corrected chi connectivity index (χ1v) is 36.5. The molecule has 2 aliphatic rings. The summed E-state index contributed by atoms with van der Waals surface area (Å²) in [6.07, 6.45) is 3.88. The molecule has 105 heavy (non-hydrogen) atoms. The molecule has 0 bridgehead atoms. The van der Waals surface area contributed by atoms with Gasteiger partial charge in [0.2, 0.25) is 59.1 Å². The van der Waals surface area contributed by atoms with E-state index in [1.165, 1.54) is 19.6 Å². The van der Waals surface area contributed by atoms with Crippen LogP contribution in [0.15, 0.2) is 56.8 Å². The van der Waals surface area contributed by atoms with Crippen molar-refractivity contribution in [1.82, 2.24) is 63.1 Å². The van der Waals surface area contributed by atoms with Crippen LogP contribution in [-0.2, 0) is 70.4 Å². The van der Waals surface area contributed by atoms with Gasteiger partial charge in [-0.15, -0.1) is 0 Å². The van der Waals surface area contributed by atoms with E-state index in [4.69, 9.17) is 56.3 Å². The van der Waals surface area contributed by atoms with Crippen molar-refractivity contribution in [3.8, 4) is 5.75 Å². The van der Waals surface area contributed by atoms with E-state index in [1.54, 1.807) is 38.1 Å². The number of benzene rings is 1. The number of carbonyl (C=O) groups excluding carboxylic acids is 10. The second-order valence-electron chi connectivity index (χ2n) is 25.2. The number of nitrogens with zero attached hydrogens (tertiary/aromatic N) is 5. The molecule has 31 N–H and O–H groups in total. The summed E-state index contributed by atoms with van der Waals surface area (Å²) in [5.41, 5.74) is 53.4. The molecule has 1 fully saturated rings. The smallest absolute Gasteiger partial charge is 0.326 e. The summed E-state index contributed by atoms with van der Waals surface area (Å²) in [6, 6.07) is -8.97. The lowest BCUT2D eigenvalue weighted by Gasteiger charge is -2.40. The topological polar surface area (TPSA) is 687 Å². The average Bonchev–Trinajstić information content (AvgIpc) is 1.07. The van der Waals surface area contributed by atoms with Gasteiger partial charge in [-0.3, -0.25) is 78.0 Å². The predicted octanol–water partition coefficient (Wildman–Crippen LogP) is -6.07. The number of methoxy groups -OCH3 is 1. The number of aliphatic imine (C=N–C) groups is 4. The molecule has 2 aromatic rings. The standard InChI is InChI=1S/C63H103N25O15S2/c1-4-33(2)47-56(99)85-42(27-35-29-73-32-79-35)53(96)81-38(13-9-22-74-59(66)67)50(93)78-30-45(89)80-43(28-46(90)91)54(97)84-41(26-34-16-18-36(103-3)19-17-34)52(95)82-39(14-10-23-75-60(68)69)51(94)86-44(55(98)83-40(58(101)102)15-11-24-76-61(70)71)31-104-105-63(20-6-5-7-21-63)48(65)57(100)88-62(72)77-25-8-12-37(64)49(92)87-47/h16-19,29,32-33,37-44,47-48H,4-15,20-28,30-31,64-65H2,1-3H3,(H,73,79)(H,78,93)(H,80,89)(H,81,96)(H,82,95)(H,83,98)(H,84,97)(H,85,99)(H,86,94)(H,87,92)(H,90,91)(H,101,102)(H4,66,67,74)(H4,68,69,75)(H4,70,71,76)(H3,72,77,88,100)/t33-,37-,38-,39-,40-,41-,42+,43-,44-,47-,48-/m0/s1. The number of rotatable bonds is 24. The first-order valence-electron chi connectivity index (χ1n) is 34.2. The van der Waals surface area contributed by atoms with E-state index in [0.717, 1.165) is 28.0 Å². The Kier molecular flexibility index (Phi) is 37.4. The van der Waals surface area contributed by atoms with Crippen LogP contribution in [0.2, 0.25) is 0 Å². The molecule has 1 aliphatic heterocycles. The van der Waals surface area contributed by atoms with Crippen LogP contribution in [-0.4, -0.2) is 226 Å². The van der Waals surface area contributed by atoms with Gasteiger partial charge in [-0.2, -0.15) is 0 Å². The highest BCUT2D eigenvalue weighted by atomic mass is 33.1. The number of H-pyrrole nitrogens is 1. The zero-order valence-corrected chi connectivity index (χ0v) is 60.7. The van der Waals surface area contributed by atoms with Crippen molar-refractivity contribution in [3.63, 3.8) is 0 Å². The Morgan fingerprint density at radius 3 is 1.81 bits per heavy atom. The lowest BCUT2D eigenvalue weighted by atomic mass is 9.83. The number of hydrogen-bond donors (Lipinski definition) is 22. The highest BCUT2D eigenvalue weighted by Gasteiger charge is 2.44. The highest BCUT2D eigenvalue weighted by Crippen LogP contribution is 2.48. The molecule has 42 heteroatoms. The van der Waals surface area contributed by atoms with Crippen LogP contribution in [0.1, 0.15) is 121 Å². The third-order valence-corrected chi connectivity index (χ3v) is 20.3. The second kappa shape index (κ2) is 45.1. The molecule has 1 aromatic carbocycles. The lowest BCUT2D eigenvalue weighted by molar-refractivity contribution is -0.142. The first kappa shape index (κ1) is 87.2. The third-order valence-electron chi connectivity index (χ3n) is 17.0. The number of aromatic nitrogens is 2. The Bertz CT molecular complexity index is 3370. The van der Waals surface area contributed by atoms with Gasteiger partial charge < -0.3 is 119 Å². The molecule has 4 rings (SSSR count). The van der Waals surface area contributed by atoms with Gasteiger partial charge in [-0.1, -0.05) is 73.3 Å². The quantitative estimate of drug-likeness (QED) is 0.0201. The molecule has 40 nitrogen and oxygen atoms in total. The molecule has 0 saturated heterocycles. The van der Waals surface area contributed by atoms with E-state index >= 15 is 0 Å². The van der Waals surface area contributed by atoms with Gasteiger partial charge in [0.1, 0.15) is 60.1 Å². The normalized spacial score (nSPS) is 23.5. The van der Waals surface area contributed by atoms with Crippen LogP contribution in [0.5, 0.6) is 5.75 Å². The predicted molar refractivity (Wildman–Crippen MR) is 392 cm³/mol. The summed E-state index contributed by atoms with van der Waals surface area (Å²) in [5, 5.41) is 45.8. The highest BCUT2D eigenvalue weighted by molar-refractivity contribution is 8.77. The van der Waals surface area contributed by atoms with Crippen molar-refractivity contribution in [2.24, 2.45) is 77.5 Å². The fourth-order valence-corrected chi connectivity index (χ4v) is 14.4. The molecule has 11 atom stereocenters. The Balaban J connectivity index is 1.86. The molecular weight excluding hydrogens is 1410 g/mol. The fourth-order valence-electron chi connectivity index (χ4n) is 11.0. The summed E-state index contributed by atoms with van der Waals surface area (Å²) < 4.78 is 4.27. The number of carboxylic acid groups (broad SMARTS) is 2. The molecule has 1 aliphatic carbocycles. The fraction of sp³-hybridized carbons (Fsp3) is 0.603. The van der Waals surface area contributed by atoms with E-state index in [1.807, 2.05) is 0 Å². The molecular formula is C63H103N25O15S2. The number of imidazole rings is 1. The number of guanidine groups is 4. The number of ether oxygens (including phenoxy) is 1. The SMILES string of the molecule is CC[C@H](C)[C@@H]1NC(=O)[C@@H](N)CCCN=C(N)NC(=O)[C@H](N)C2(CCCCC2)SSC[C@@H](C(=O)N[C@@H](CCCN=C(N)N)C(=O)O)NC(=O)[C@H](CCCN=C(N)N)NC(=O)[C@H](Cc2ccc(OC)cc2)NC(=O)[C@H](CC(=O)O)NC(=O)CNC(=O)[C@H](CCCN=C(N)N)NC(=O)[C@@H](Cc2cnc[nH]2)NC1=O. The van der Waals surface area contributed by atoms with Crippen LogP contribution < -0.4 is 110 Å². The van der Waals surface area contributed by atoms with Crippen molar-refractivity contribution in [2.75, 3.05) is 45.6 Å². The largest absolute Gasteiger partial charge is 0.497 e. The summed E-state index contributed by atoms with van der Waals surface area (Å²) in [5.74, 6) is -14.3. The Labute approximate surface area is 614 Å². The molecule has 10 amide bonds. The number of aromatic amines is 1. The van der Waals surface area contributed by atoms with E-state index in [9.17, 15) is 67.7 Å². The minimum Gasteiger partial charge on any atom is -0.497 e. The van der Waals surface area contributed by atoms with Crippen LogP contribution >= 0.6 is 21.6 Å². The number of amides is 10. The maximum Gasteiger partial charge on any atom is 0.326 e. The van der Waals surface area contributed by atoms with E-state index < -0.39 is 155 Å². The zero-order valence-electron chi connectivity index (χ0n) is 59.0. The van der Waals surface area contributed by atoms with Gasteiger partial charge in [0.25, 0.3) is 0 Å². The molecule has 0 unspecified atom stereocenters. The maximum atomic E-state index is 14.9. The summed E-state index contributed by atoms with van der Waals surface area (Å²) in [4.78, 5) is 192. The number of aliphatic carboxylic acids is 2. The summed E-state index contributed by atoms with van der Waals surface area (Å²) in [6.45, 7) is 2.33. The van der Waals surface area contributed by atoms with Crippen molar-refractivity contribution in [1.29, 1.82) is 0 Å². The van der Waals surface area contributed by atoms with Crippen molar-refractivity contribution in [2.45, 2.75) is 188 Å². The van der Waals surface area contributed by atoms with Gasteiger partial charge in [-0.05, 0) is 87.8 Å². The molecule has 582 valence electrons. The van der Waals surface area contributed by atoms with E-state index in [-0.39, 0.29) is 120 Å².